The Morgan fingerprint density at radius 1 is 0.964 bits per heavy atom. The highest BCUT2D eigenvalue weighted by Crippen LogP contribution is 2.25. The van der Waals surface area contributed by atoms with Crippen LogP contribution in [-0.4, -0.2) is 40.8 Å². The van der Waals surface area contributed by atoms with E-state index in [9.17, 15) is 0 Å². The van der Waals surface area contributed by atoms with Gasteiger partial charge < -0.3 is 10.6 Å². The van der Waals surface area contributed by atoms with E-state index >= 15 is 0 Å². The molecule has 3 aromatic heterocycles. The van der Waals surface area contributed by atoms with Gasteiger partial charge in [-0.1, -0.05) is 18.2 Å². The van der Waals surface area contributed by atoms with E-state index in [0.717, 1.165) is 27.8 Å². The van der Waals surface area contributed by atoms with E-state index < -0.39 is 0 Å². The largest absolute Gasteiger partial charge is 0.339 e. The van der Waals surface area contributed by atoms with Gasteiger partial charge in [-0.2, -0.15) is 15.3 Å². The lowest BCUT2D eigenvalue weighted by Gasteiger charge is -2.09. The summed E-state index contributed by atoms with van der Waals surface area (Å²) in [5.74, 6) is 1.66. The summed E-state index contributed by atoms with van der Waals surface area (Å²) >= 11 is 0. The van der Waals surface area contributed by atoms with Gasteiger partial charge in [0.05, 0.1) is 17.4 Å². The van der Waals surface area contributed by atoms with Crippen LogP contribution in [0.15, 0.2) is 60.9 Å². The lowest BCUT2D eigenvalue weighted by atomic mass is 10.2. The van der Waals surface area contributed by atoms with Crippen LogP contribution in [0.2, 0.25) is 0 Å². The molecule has 0 saturated heterocycles. The van der Waals surface area contributed by atoms with Crippen LogP contribution < -0.4 is 10.6 Å². The molecule has 10 heteroatoms. The van der Waals surface area contributed by atoms with E-state index in [4.69, 9.17) is 0 Å². The van der Waals surface area contributed by atoms with Crippen molar-refractivity contribution >= 4 is 34.0 Å². The van der Waals surface area contributed by atoms with Crippen LogP contribution in [0, 0.1) is 0 Å². The highest BCUT2D eigenvalue weighted by molar-refractivity contribution is 5.92. The third-order valence-electron chi connectivity index (χ3n) is 4.13. The lowest BCUT2D eigenvalue weighted by Crippen LogP contribution is -2.00. The summed E-state index contributed by atoms with van der Waals surface area (Å²) < 4.78 is 0. The molecule has 3 heterocycles. The number of tetrazole rings is 1. The minimum Gasteiger partial charge on any atom is -0.339 e. The van der Waals surface area contributed by atoms with Gasteiger partial charge in [-0.05, 0) is 35.5 Å². The van der Waals surface area contributed by atoms with Crippen molar-refractivity contribution in [3.05, 3.63) is 60.9 Å². The Morgan fingerprint density at radius 3 is 2.86 bits per heavy atom. The van der Waals surface area contributed by atoms with Crippen LogP contribution in [0.5, 0.6) is 0 Å². The average Bonchev–Trinajstić information content (AvgIpc) is 3.41. The number of fused-ring (bicyclic) bond motifs is 1. The molecule has 0 aliphatic heterocycles. The van der Waals surface area contributed by atoms with Gasteiger partial charge in [0.15, 0.2) is 0 Å². The first kappa shape index (κ1) is 15.9. The van der Waals surface area contributed by atoms with Gasteiger partial charge in [-0.3, -0.25) is 5.10 Å². The number of rotatable bonds is 5. The predicted molar refractivity (Wildman–Crippen MR) is 104 cm³/mol. The molecule has 4 N–H and O–H groups in total. The van der Waals surface area contributed by atoms with E-state index in [2.05, 4.69) is 51.4 Å². The van der Waals surface area contributed by atoms with Gasteiger partial charge in [0.2, 0.25) is 11.8 Å². The number of aromatic nitrogens is 8. The normalized spacial score (nSPS) is 10.9. The van der Waals surface area contributed by atoms with Crippen LogP contribution in [0.4, 0.5) is 23.1 Å². The third-order valence-corrected chi connectivity index (χ3v) is 4.13. The quantitative estimate of drug-likeness (QED) is 0.371. The summed E-state index contributed by atoms with van der Waals surface area (Å²) in [5.41, 5.74) is 3.52. The summed E-state index contributed by atoms with van der Waals surface area (Å²) in [6.07, 6.45) is 3.47. The fraction of sp³-hybridized carbons (Fsp3) is 0. The molecule has 0 radical (unpaired) electrons. The summed E-state index contributed by atoms with van der Waals surface area (Å²) in [4.78, 5) is 8.82. The number of nitrogens with one attached hydrogen (secondary N) is 4. The van der Waals surface area contributed by atoms with Crippen molar-refractivity contribution in [1.82, 2.24) is 40.8 Å². The zero-order chi connectivity index (χ0) is 18.8. The van der Waals surface area contributed by atoms with Crippen LogP contribution in [0.25, 0.3) is 22.3 Å². The van der Waals surface area contributed by atoms with Gasteiger partial charge in [-0.15, -0.1) is 10.2 Å². The number of hydrogen-bond acceptors (Lipinski definition) is 8. The highest BCUT2D eigenvalue weighted by atomic mass is 15.5. The minimum atomic E-state index is 0.467. The van der Waals surface area contributed by atoms with Gasteiger partial charge in [-0.25, -0.2) is 4.98 Å². The van der Waals surface area contributed by atoms with Crippen molar-refractivity contribution in [2.24, 2.45) is 0 Å². The Labute approximate surface area is 158 Å². The molecule has 0 fully saturated rings. The van der Waals surface area contributed by atoms with E-state index in [1.807, 2.05) is 42.5 Å². The molecule has 0 aliphatic carbocycles. The molecule has 2 aromatic carbocycles. The number of nitrogens with zero attached hydrogens (tertiary/aromatic N) is 6. The maximum Gasteiger partial charge on any atom is 0.229 e. The molecule has 0 aliphatic rings. The molecule has 0 saturated carbocycles. The maximum atomic E-state index is 4.53. The van der Waals surface area contributed by atoms with Gasteiger partial charge in [0, 0.05) is 22.8 Å². The molecule has 0 amide bonds. The topological polar surface area (TPSA) is 133 Å². The van der Waals surface area contributed by atoms with Crippen molar-refractivity contribution in [3.63, 3.8) is 0 Å². The maximum absolute atomic E-state index is 4.53. The smallest absolute Gasteiger partial charge is 0.229 e. The average molecular weight is 370 g/mol. The first-order valence-corrected chi connectivity index (χ1v) is 8.48. The van der Waals surface area contributed by atoms with E-state index in [-0.39, 0.29) is 0 Å². The molecule has 5 rings (SSSR count). The fourth-order valence-corrected chi connectivity index (χ4v) is 2.85. The molecule has 0 unspecified atom stereocenters. The second-order valence-electron chi connectivity index (χ2n) is 5.97. The molecule has 136 valence electrons. The zero-order valence-electron chi connectivity index (χ0n) is 14.5. The molecule has 5 aromatic rings. The summed E-state index contributed by atoms with van der Waals surface area (Å²) in [6, 6.07) is 15.3. The Balaban J connectivity index is 1.39. The second-order valence-corrected chi connectivity index (χ2v) is 5.97. The molecule has 0 bridgehead atoms. The number of benzene rings is 2. The van der Waals surface area contributed by atoms with Crippen molar-refractivity contribution in [2.75, 3.05) is 10.6 Å². The fourth-order valence-electron chi connectivity index (χ4n) is 2.85. The molecule has 10 nitrogen and oxygen atoms in total. The first-order chi connectivity index (χ1) is 13.8. The van der Waals surface area contributed by atoms with Gasteiger partial charge in [0.25, 0.3) is 0 Å². The molecule has 0 spiro atoms. The molecule has 28 heavy (non-hydrogen) atoms. The monoisotopic (exact) mass is 370 g/mol. The summed E-state index contributed by atoms with van der Waals surface area (Å²) in [6.45, 7) is 0. The first-order valence-electron chi connectivity index (χ1n) is 8.48. The van der Waals surface area contributed by atoms with E-state index in [1.165, 1.54) is 0 Å². The van der Waals surface area contributed by atoms with E-state index in [0.29, 0.717) is 17.6 Å². The number of anilines is 4. The van der Waals surface area contributed by atoms with Crippen molar-refractivity contribution in [3.8, 4) is 11.4 Å². The van der Waals surface area contributed by atoms with E-state index in [1.54, 1.807) is 18.5 Å². The standard InChI is InChI=1S/C18H14N10/c1-3-11(17-25-27-28-26-17)9-12(4-1)21-18-19-8-7-16(23-18)22-14-5-2-6-15-13(14)10-20-24-15/h1-10H,(H,20,24)(H2,19,21,22,23)(H,25,26,27,28). The van der Waals surface area contributed by atoms with Gasteiger partial charge >= 0.3 is 0 Å². The van der Waals surface area contributed by atoms with Crippen LogP contribution in [-0.2, 0) is 0 Å². The van der Waals surface area contributed by atoms with Crippen LogP contribution in [0.1, 0.15) is 0 Å². The van der Waals surface area contributed by atoms with Gasteiger partial charge in [0.1, 0.15) is 5.82 Å². The Kier molecular flexibility index (Phi) is 3.83. The van der Waals surface area contributed by atoms with Crippen molar-refractivity contribution < 1.29 is 0 Å². The molecular formula is C18H14N10. The molecule has 0 atom stereocenters. The number of aromatic amines is 2. The Morgan fingerprint density at radius 2 is 1.93 bits per heavy atom. The Bertz CT molecular complexity index is 1230. The highest BCUT2D eigenvalue weighted by Gasteiger charge is 2.07. The third kappa shape index (κ3) is 3.09. The van der Waals surface area contributed by atoms with Crippen molar-refractivity contribution in [1.29, 1.82) is 0 Å². The number of hydrogen-bond donors (Lipinski definition) is 4. The second kappa shape index (κ2) is 6.76. The summed E-state index contributed by atoms with van der Waals surface area (Å²) in [7, 11) is 0. The minimum absolute atomic E-state index is 0.467. The van der Waals surface area contributed by atoms with Crippen LogP contribution >= 0.6 is 0 Å². The molecular weight excluding hydrogens is 356 g/mol. The summed E-state index contributed by atoms with van der Waals surface area (Å²) in [5, 5.41) is 28.5. The zero-order valence-corrected chi connectivity index (χ0v) is 14.5. The SMILES string of the molecule is c1cc(Nc2nccc(Nc3cccc4[nH]ncc34)n2)cc(-c2nn[nH]n2)c1. The lowest BCUT2D eigenvalue weighted by molar-refractivity contribution is 0.881. The predicted octanol–water partition coefficient (Wildman–Crippen LogP) is 3.02. The number of H-pyrrole nitrogens is 2. The van der Waals surface area contributed by atoms with Crippen molar-refractivity contribution in [2.45, 2.75) is 0 Å². The Hall–Kier alpha value is -4.34. The van der Waals surface area contributed by atoms with Crippen LogP contribution in [0.3, 0.4) is 0 Å².